The molecule has 1 atom stereocenters. The van der Waals surface area contributed by atoms with Crippen LogP contribution in [0.5, 0.6) is 0 Å². The van der Waals surface area contributed by atoms with Gasteiger partial charge in [-0.25, -0.2) is 4.79 Å². The molecule has 166 valence electrons. The Hall–Kier alpha value is -3.32. The maximum Gasteiger partial charge on any atom is 0.331 e. The predicted octanol–water partition coefficient (Wildman–Crippen LogP) is 3.77. The summed E-state index contributed by atoms with van der Waals surface area (Å²) < 4.78 is 17.2. The van der Waals surface area contributed by atoms with Gasteiger partial charge in [0.25, 0.3) is 5.56 Å². The summed E-state index contributed by atoms with van der Waals surface area (Å²) in [6, 6.07) is 11.9. The van der Waals surface area contributed by atoms with Crippen molar-refractivity contribution in [3.05, 3.63) is 80.0 Å². The van der Waals surface area contributed by atoms with Crippen LogP contribution in [0.25, 0.3) is 22.2 Å². The van der Waals surface area contributed by atoms with Crippen molar-refractivity contribution in [1.29, 1.82) is 0 Å². The molecule has 0 aliphatic carbocycles. The van der Waals surface area contributed by atoms with Crippen LogP contribution in [-0.2, 0) is 24.4 Å². The van der Waals surface area contributed by atoms with Crippen LogP contribution in [0.1, 0.15) is 42.7 Å². The van der Waals surface area contributed by atoms with Gasteiger partial charge in [-0.05, 0) is 45.4 Å². The van der Waals surface area contributed by atoms with Crippen LogP contribution in [0.4, 0.5) is 0 Å². The Balaban J connectivity index is 2.02. The Morgan fingerprint density at radius 1 is 0.969 bits per heavy atom. The maximum atomic E-state index is 13.5. The molecule has 1 unspecified atom stereocenters. The van der Waals surface area contributed by atoms with E-state index < -0.39 is 11.6 Å². The summed E-state index contributed by atoms with van der Waals surface area (Å²) in [5, 5.41) is 0.514. The smallest absolute Gasteiger partial charge is 0.331 e. The van der Waals surface area contributed by atoms with Crippen LogP contribution in [0.3, 0.4) is 0 Å². The molecule has 0 bridgehead atoms. The molecule has 32 heavy (non-hydrogen) atoms. The van der Waals surface area contributed by atoms with E-state index in [2.05, 4.69) is 18.4 Å². The highest BCUT2D eigenvalue weighted by Gasteiger charge is 2.41. The molecule has 4 aromatic rings. The highest BCUT2D eigenvalue weighted by atomic mass is 16.5. The van der Waals surface area contributed by atoms with E-state index in [9.17, 15) is 9.59 Å². The summed E-state index contributed by atoms with van der Waals surface area (Å²) in [5.74, 6) is 1.43. The van der Waals surface area contributed by atoms with Crippen molar-refractivity contribution in [1.82, 2.24) is 13.7 Å². The molecule has 0 amide bonds. The number of furan rings is 1. The number of aryl methyl sites for hydroxylation is 3. The standard InChI is InChI=1S/C25H27N3O4/c1-14-7-10-16(11-8-14)19-18-20(26(5)24(30)27(6)23(18)29)21-22(17-12-9-15(2)32-17)31-13-25(3,4)28(19)21/h7-12,22H,13H2,1-6H3. The van der Waals surface area contributed by atoms with Crippen LogP contribution in [0, 0.1) is 13.8 Å². The quantitative estimate of drug-likeness (QED) is 0.483. The third-order valence-electron chi connectivity index (χ3n) is 6.41. The van der Waals surface area contributed by atoms with Crippen LogP contribution in [0.2, 0.25) is 0 Å². The van der Waals surface area contributed by atoms with Crippen molar-refractivity contribution < 1.29 is 9.15 Å². The molecule has 5 rings (SSSR count). The molecular weight excluding hydrogens is 406 g/mol. The van der Waals surface area contributed by atoms with E-state index in [1.807, 2.05) is 50.2 Å². The normalized spacial score (nSPS) is 17.6. The minimum atomic E-state index is -0.531. The molecule has 1 aliphatic rings. The zero-order chi connectivity index (χ0) is 22.9. The first-order valence-corrected chi connectivity index (χ1v) is 10.7. The first-order valence-electron chi connectivity index (χ1n) is 10.7. The van der Waals surface area contributed by atoms with Crippen molar-refractivity contribution in [3.63, 3.8) is 0 Å². The van der Waals surface area contributed by atoms with Gasteiger partial charge in [-0.3, -0.25) is 13.9 Å². The first kappa shape index (κ1) is 20.6. The fourth-order valence-electron chi connectivity index (χ4n) is 4.79. The SMILES string of the molecule is Cc1ccc(-c2c3c(=O)n(C)c(=O)n(C)c3c3n2C(C)(C)COC3c2ccc(C)o2)cc1. The highest BCUT2D eigenvalue weighted by Crippen LogP contribution is 2.45. The predicted molar refractivity (Wildman–Crippen MR) is 123 cm³/mol. The Morgan fingerprint density at radius 3 is 2.28 bits per heavy atom. The number of ether oxygens (including phenoxy) is 1. The molecule has 3 aromatic heterocycles. The van der Waals surface area contributed by atoms with E-state index in [0.717, 1.165) is 28.3 Å². The van der Waals surface area contributed by atoms with E-state index in [4.69, 9.17) is 9.15 Å². The lowest BCUT2D eigenvalue weighted by atomic mass is 10.00. The monoisotopic (exact) mass is 433 g/mol. The summed E-state index contributed by atoms with van der Waals surface area (Å²) in [4.78, 5) is 26.5. The fourth-order valence-corrected chi connectivity index (χ4v) is 4.79. The average Bonchev–Trinajstić information content (AvgIpc) is 3.34. The van der Waals surface area contributed by atoms with E-state index in [1.54, 1.807) is 11.6 Å². The number of fused-ring (bicyclic) bond motifs is 3. The summed E-state index contributed by atoms with van der Waals surface area (Å²) in [6.45, 7) is 8.51. The molecule has 1 aliphatic heterocycles. The number of rotatable bonds is 2. The van der Waals surface area contributed by atoms with Gasteiger partial charge in [-0.2, -0.15) is 0 Å². The van der Waals surface area contributed by atoms with Crippen molar-refractivity contribution in [2.75, 3.05) is 6.61 Å². The minimum absolute atomic E-state index is 0.314. The van der Waals surface area contributed by atoms with Crippen molar-refractivity contribution >= 4 is 10.9 Å². The van der Waals surface area contributed by atoms with E-state index in [-0.39, 0.29) is 11.2 Å². The fraction of sp³-hybridized carbons (Fsp3) is 0.360. The molecule has 0 fully saturated rings. The molecule has 4 heterocycles. The number of benzene rings is 1. The van der Waals surface area contributed by atoms with Gasteiger partial charge in [0, 0.05) is 14.1 Å². The third kappa shape index (κ3) is 2.77. The third-order valence-corrected chi connectivity index (χ3v) is 6.41. The summed E-state index contributed by atoms with van der Waals surface area (Å²) in [7, 11) is 3.23. The zero-order valence-corrected chi connectivity index (χ0v) is 19.2. The molecule has 0 saturated carbocycles. The van der Waals surface area contributed by atoms with Gasteiger partial charge in [0.15, 0.2) is 6.10 Å². The molecule has 0 N–H and O–H groups in total. The Bertz CT molecular complexity index is 1480. The first-order chi connectivity index (χ1) is 15.1. The lowest BCUT2D eigenvalue weighted by Crippen LogP contribution is -2.40. The molecule has 7 heteroatoms. The van der Waals surface area contributed by atoms with Gasteiger partial charge in [0.05, 0.1) is 34.4 Å². The van der Waals surface area contributed by atoms with Crippen LogP contribution >= 0.6 is 0 Å². The van der Waals surface area contributed by atoms with Crippen molar-refractivity contribution in [2.45, 2.75) is 39.3 Å². The lowest BCUT2D eigenvalue weighted by molar-refractivity contribution is -0.0166. The zero-order valence-electron chi connectivity index (χ0n) is 19.2. The number of hydrogen-bond donors (Lipinski definition) is 0. The average molecular weight is 434 g/mol. The van der Waals surface area contributed by atoms with E-state index in [1.165, 1.54) is 11.6 Å². The highest BCUT2D eigenvalue weighted by molar-refractivity contribution is 5.96. The topological polar surface area (TPSA) is 71.3 Å². The van der Waals surface area contributed by atoms with Gasteiger partial charge in [0.1, 0.15) is 11.5 Å². The largest absolute Gasteiger partial charge is 0.463 e. The van der Waals surface area contributed by atoms with Gasteiger partial charge in [-0.15, -0.1) is 0 Å². The van der Waals surface area contributed by atoms with Gasteiger partial charge in [-0.1, -0.05) is 29.8 Å². The molecule has 0 radical (unpaired) electrons. The van der Waals surface area contributed by atoms with Crippen molar-refractivity contribution in [3.8, 4) is 11.3 Å². The van der Waals surface area contributed by atoms with E-state index >= 15 is 0 Å². The second-order valence-corrected chi connectivity index (χ2v) is 9.32. The van der Waals surface area contributed by atoms with Crippen LogP contribution in [0.15, 0.2) is 50.4 Å². The van der Waals surface area contributed by atoms with Gasteiger partial charge < -0.3 is 13.7 Å². The summed E-state index contributed by atoms with van der Waals surface area (Å²) in [6.07, 6.45) is -0.531. The Morgan fingerprint density at radius 2 is 1.66 bits per heavy atom. The summed E-state index contributed by atoms with van der Waals surface area (Å²) >= 11 is 0. The van der Waals surface area contributed by atoms with Gasteiger partial charge in [0.2, 0.25) is 0 Å². The number of hydrogen-bond acceptors (Lipinski definition) is 4. The molecule has 0 spiro atoms. The van der Waals surface area contributed by atoms with Crippen LogP contribution in [-0.4, -0.2) is 20.3 Å². The molecule has 1 aromatic carbocycles. The molecular formula is C25H27N3O4. The number of nitrogens with zero attached hydrogens (tertiary/aromatic N) is 3. The second kappa shape index (κ2) is 6.84. The molecule has 0 saturated heterocycles. The van der Waals surface area contributed by atoms with Crippen molar-refractivity contribution in [2.24, 2.45) is 14.1 Å². The number of aromatic nitrogens is 3. The Kier molecular flexibility index (Phi) is 4.40. The summed E-state index contributed by atoms with van der Waals surface area (Å²) in [5.41, 5.74) is 3.07. The van der Waals surface area contributed by atoms with Crippen LogP contribution < -0.4 is 11.2 Å². The van der Waals surface area contributed by atoms with E-state index in [0.29, 0.717) is 23.3 Å². The minimum Gasteiger partial charge on any atom is -0.463 e. The van der Waals surface area contributed by atoms with Gasteiger partial charge >= 0.3 is 5.69 Å². The molecule has 7 nitrogen and oxygen atoms in total. The lowest BCUT2D eigenvalue weighted by Gasteiger charge is -2.38. The Labute approximate surface area is 185 Å². The maximum absolute atomic E-state index is 13.5. The second-order valence-electron chi connectivity index (χ2n) is 9.32.